The molecule has 0 fully saturated rings. The zero-order valence-corrected chi connectivity index (χ0v) is 10.7. The summed E-state index contributed by atoms with van der Waals surface area (Å²) in [6, 6.07) is 7.35. The van der Waals surface area contributed by atoms with Crippen LogP contribution in [0.25, 0.3) is 0 Å². The largest absolute Gasteiger partial charge is 0.374 e. The van der Waals surface area contributed by atoms with Crippen molar-refractivity contribution in [1.29, 1.82) is 5.26 Å². The lowest BCUT2D eigenvalue weighted by atomic mass is 10.1. The number of rotatable bonds is 4. The Kier molecular flexibility index (Phi) is 3.85. The van der Waals surface area contributed by atoms with Crippen molar-refractivity contribution in [2.24, 2.45) is 0 Å². The molecule has 2 N–H and O–H groups in total. The molecule has 1 aromatic heterocycles. The van der Waals surface area contributed by atoms with E-state index in [1.54, 1.807) is 30.6 Å². The van der Waals surface area contributed by atoms with E-state index < -0.39 is 0 Å². The fraction of sp³-hybridized carbons (Fsp3) is 0.231. The van der Waals surface area contributed by atoms with E-state index >= 15 is 0 Å². The molecule has 2 rings (SSSR count). The standard InChI is InChI=1S/C13H13ClN4/c1-2-11(13-16-5-6-17-13)18-12-7-10(14)4-3-9(12)8-15/h3-7,11,18H,2H2,1H3,(H,16,17). The lowest BCUT2D eigenvalue weighted by molar-refractivity contribution is 0.704. The van der Waals surface area contributed by atoms with Gasteiger partial charge >= 0.3 is 0 Å². The predicted octanol–water partition coefficient (Wildman–Crippen LogP) is 3.50. The maximum absolute atomic E-state index is 9.07. The second-order valence-corrected chi connectivity index (χ2v) is 4.32. The molecule has 0 spiro atoms. The summed E-state index contributed by atoms with van der Waals surface area (Å²) in [6.07, 6.45) is 4.34. The van der Waals surface area contributed by atoms with E-state index in [0.29, 0.717) is 10.6 Å². The van der Waals surface area contributed by atoms with Gasteiger partial charge in [-0.25, -0.2) is 4.98 Å². The summed E-state index contributed by atoms with van der Waals surface area (Å²) in [6.45, 7) is 2.05. The highest BCUT2D eigenvalue weighted by atomic mass is 35.5. The van der Waals surface area contributed by atoms with Crippen molar-refractivity contribution in [2.45, 2.75) is 19.4 Å². The molecule has 1 aromatic carbocycles. The molecule has 0 amide bonds. The van der Waals surface area contributed by atoms with Crippen LogP contribution in [-0.4, -0.2) is 9.97 Å². The van der Waals surface area contributed by atoms with E-state index in [0.717, 1.165) is 17.9 Å². The van der Waals surface area contributed by atoms with Gasteiger partial charge in [-0.05, 0) is 24.6 Å². The number of anilines is 1. The summed E-state index contributed by atoms with van der Waals surface area (Å²) in [4.78, 5) is 7.30. The van der Waals surface area contributed by atoms with Crippen LogP contribution >= 0.6 is 11.6 Å². The van der Waals surface area contributed by atoms with Crippen LogP contribution in [0.15, 0.2) is 30.6 Å². The normalized spacial score (nSPS) is 11.8. The van der Waals surface area contributed by atoms with Gasteiger partial charge in [0.05, 0.1) is 17.3 Å². The van der Waals surface area contributed by atoms with E-state index in [1.165, 1.54) is 0 Å². The molecule has 92 valence electrons. The Balaban J connectivity index is 2.27. The van der Waals surface area contributed by atoms with Crippen LogP contribution in [0.1, 0.15) is 30.8 Å². The number of aromatic nitrogens is 2. The Hall–Kier alpha value is -1.99. The molecular weight excluding hydrogens is 248 g/mol. The van der Waals surface area contributed by atoms with Crippen LogP contribution in [0.2, 0.25) is 5.02 Å². The van der Waals surface area contributed by atoms with E-state index in [1.807, 2.05) is 0 Å². The van der Waals surface area contributed by atoms with E-state index in [-0.39, 0.29) is 6.04 Å². The van der Waals surface area contributed by atoms with Crippen LogP contribution in [-0.2, 0) is 0 Å². The van der Waals surface area contributed by atoms with Gasteiger partial charge in [0.1, 0.15) is 11.9 Å². The van der Waals surface area contributed by atoms with Gasteiger partial charge < -0.3 is 10.3 Å². The van der Waals surface area contributed by atoms with Crippen LogP contribution in [0.4, 0.5) is 5.69 Å². The Morgan fingerprint density at radius 2 is 2.39 bits per heavy atom. The minimum atomic E-state index is 0.0329. The molecule has 0 saturated heterocycles. The van der Waals surface area contributed by atoms with Gasteiger partial charge in [-0.15, -0.1) is 0 Å². The second-order valence-electron chi connectivity index (χ2n) is 3.88. The van der Waals surface area contributed by atoms with Crippen molar-refractivity contribution in [3.05, 3.63) is 47.0 Å². The number of nitrogens with one attached hydrogen (secondary N) is 2. The first-order chi connectivity index (χ1) is 8.74. The van der Waals surface area contributed by atoms with Gasteiger partial charge in [-0.2, -0.15) is 5.26 Å². The van der Waals surface area contributed by atoms with E-state index in [4.69, 9.17) is 16.9 Å². The van der Waals surface area contributed by atoms with E-state index in [9.17, 15) is 0 Å². The van der Waals surface area contributed by atoms with Crippen molar-refractivity contribution < 1.29 is 0 Å². The monoisotopic (exact) mass is 260 g/mol. The highest BCUT2D eigenvalue weighted by Crippen LogP contribution is 2.25. The number of imidazole rings is 1. The number of nitriles is 1. The SMILES string of the molecule is CCC(Nc1cc(Cl)ccc1C#N)c1ncc[nH]1. The van der Waals surface area contributed by atoms with Crippen LogP contribution < -0.4 is 5.32 Å². The summed E-state index contributed by atoms with van der Waals surface area (Å²) < 4.78 is 0. The van der Waals surface area contributed by atoms with Gasteiger partial charge in [-0.3, -0.25) is 0 Å². The van der Waals surface area contributed by atoms with Gasteiger partial charge in [-0.1, -0.05) is 18.5 Å². The zero-order chi connectivity index (χ0) is 13.0. The average molecular weight is 261 g/mol. The predicted molar refractivity (Wildman–Crippen MR) is 71.4 cm³/mol. The third kappa shape index (κ3) is 2.63. The minimum absolute atomic E-state index is 0.0329. The zero-order valence-electron chi connectivity index (χ0n) is 9.94. The molecule has 0 aliphatic heterocycles. The van der Waals surface area contributed by atoms with Gasteiger partial charge in [0.2, 0.25) is 0 Å². The lowest BCUT2D eigenvalue weighted by Crippen LogP contribution is -2.12. The highest BCUT2D eigenvalue weighted by molar-refractivity contribution is 6.30. The maximum Gasteiger partial charge on any atom is 0.128 e. The quantitative estimate of drug-likeness (QED) is 0.884. The van der Waals surface area contributed by atoms with Crippen LogP contribution in [0.5, 0.6) is 0 Å². The number of nitrogens with zero attached hydrogens (tertiary/aromatic N) is 2. The summed E-state index contributed by atoms with van der Waals surface area (Å²) in [7, 11) is 0. The van der Waals surface area contributed by atoms with Crippen molar-refractivity contribution in [3.8, 4) is 6.07 Å². The highest BCUT2D eigenvalue weighted by Gasteiger charge is 2.13. The second kappa shape index (κ2) is 5.56. The molecule has 0 saturated carbocycles. The Labute approximate surface area is 111 Å². The number of aromatic amines is 1. The summed E-state index contributed by atoms with van der Waals surface area (Å²) in [5.41, 5.74) is 1.30. The average Bonchev–Trinajstić information content (AvgIpc) is 2.90. The van der Waals surface area contributed by atoms with Gasteiger partial charge in [0.25, 0.3) is 0 Å². The molecule has 1 unspecified atom stereocenters. The fourth-order valence-corrected chi connectivity index (χ4v) is 1.93. The number of H-pyrrole nitrogens is 1. The lowest BCUT2D eigenvalue weighted by Gasteiger charge is -2.17. The Bertz CT molecular complexity index is 557. The minimum Gasteiger partial charge on any atom is -0.374 e. The van der Waals surface area contributed by atoms with Gasteiger partial charge in [0.15, 0.2) is 0 Å². The Morgan fingerprint density at radius 1 is 1.56 bits per heavy atom. The molecule has 4 nitrogen and oxygen atoms in total. The van der Waals surface area contributed by atoms with Crippen molar-refractivity contribution >= 4 is 17.3 Å². The molecule has 2 aromatic rings. The summed E-state index contributed by atoms with van der Waals surface area (Å²) in [5, 5.41) is 13.0. The third-order valence-corrected chi connectivity index (χ3v) is 2.92. The molecule has 18 heavy (non-hydrogen) atoms. The van der Waals surface area contributed by atoms with Crippen LogP contribution in [0.3, 0.4) is 0 Å². The molecular formula is C13H13ClN4. The first-order valence-corrected chi connectivity index (χ1v) is 6.08. The summed E-state index contributed by atoms with van der Waals surface area (Å²) >= 11 is 5.95. The molecule has 0 aliphatic carbocycles. The fourth-order valence-electron chi connectivity index (χ4n) is 1.75. The Morgan fingerprint density at radius 3 is 3.00 bits per heavy atom. The first kappa shape index (κ1) is 12.5. The van der Waals surface area contributed by atoms with Crippen molar-refractivity contribution in [2.75, 3.05) is 5.32 Å². The number of hydrogen-bond donors (Lipinski definition) is 2. The molecule has 1 heterocycles. The molecule has 5 heteroatoms. The molecule has 1 atom stereocenters. The molecule has 0 radical (unpaired) electrons. The van der Waals surface area contributed by atoms with E-state index in [2.05, 4.69) is 28.3 Å². The molecule has 0 bridgehead atoms. The first-order valence-electron chi connectivity index (χ1n) is 5.70. The maximum atomic E-state index is 9.07. The third-order valence-electron chi connectivity index (χ3n) is 2.69. The van der Waals surface area contributed by atoms with Crippen molar-refractivity contribution in [1.82, 2.24) is 9.97 Å². The smallest absolute Gasteiger partial charge is 0.128 e. The molecule has 0 aliphatic rings. The van der Waals surface area contributed by atoms with Gasteiger partial charge in [0, 0.05) is 17.4 Å². The number of hydrogen-bond acceptors (Lipinski definition) is 3. The number of halogens is 1. The van der Waals surface area contributed by atoms with Crippen molar-refractivity contribution in [3.63, 3.8) is 0 Å². The van der Waals surface area contributed by atoms with Crippen LogP contribution in [0, 0.1) is 11.3 Å². The number of benzene rings is 1. The summed E-state index contributed by atoms with van der Waals surface area (Å²) in [5.74, 6) is 0.848. The topological polar surface area (TPSA) is 64.5 Å².